The van der Waals surface area contributed by atoms with Crippen LogP contribution >= 0.6 is 23.1 Å². The molecule has 9 heteroatoms. The van der Waals surface area contributed by atoms with Crippen LogP contribution in [-0.4, -0.2) is 29.7 Å². The molecule has 1 aromatic heterocycles. The topological polar surface area (TPSA) is 80.3 Å². The van der Waals surface area contributed by atoms with Gasteiger partial charge in [0, 0.05) is 16.1 Å². The molecule has 0 spiro atoms. The van der Waals surface area contributed by atoms with Crippen molar-refractivity contribution in [1.82, 2.24) is 4.98 Å². The van der Waals surface area contributed by atoms with Crippen molar-refractivity contribution in [2.45, 2.75) is 4.90 Å². The zero-order valence-electron chi connectivity index (χ0n) is 16.9. The lowest BCUT2D eigenvalue weighted by Crippen LogP contribution is -2.13. The second kappa shape index (κ2) is 9.80. The molecule has 32 heavy (non-hydrogen) atoms. The third-order valence-corrected chi connectivity index (χ3v) is 6.38. The zero-order chi connectivity index (χ0) is 22.5. The SMILES string of the molecule is COc1ccc2nc(NC(=O)CSc3ccc(NC(=O)c4ccc(F)cc4)cc3)sc2c1. The van der Waals surface area contributed by atoms with Crippen molar-refractivity contribution in [2.75, 3.05) is 23.5 Å². The zero-order valence-corrected chi connectivity index (χ0v) is 18.6. The number of aromatic nitrogens is 1. The number of thiazole rings is 1. The number of methoxy groups -OCH3 is 1. The standard InChI is InChI=1S/C23H18FN3O3S2/c1-30-17-8-11-19-20(12-17)32-23(26-19)27-21(28)13-31-18-9-6-16(7-10-18)25-22(29)14-2-4-15(24)5-3-14/h2-12H,13H2,1H3,(H,25,29)(H,26,27,28). The summed E-state index contributed by atoms with van der Waals surface area (Å²) in [7, 11) is 1.61. The van der Waals surface area contributed by atoms with Crippen molar-refractivity contribution in [2.24, 2.45) is 0 Å². The number of nitrogens with zero attached hydrogens (tertiary/aromatic N) is 1. The molecule has 0 atom stereocenters. The summed E-state index contributed by atoms with van der Waals surface area (Å²) in [5.74, 6) is 0.0933. The molecule has 0 bridgehead atoms. The second-order valence-corrected chi connectivity index (χ2v) is 8.75. The van der Waals surface area contributed by atoms with Gasteiger partial charge in [-0.3, -0.25) is 9.59 Å². The molecule has 4 rings (SSSR count). The van der Waals surface area contributed by atoms with Gasteiger partial charge >= 0.3 is 0 Å². The number of benzene rings is 3. The molecule has 0 saturated heterocycles. The average molecular weight is 468 g/mol. The molecular formula is C23H18FN3O3S2. The fourth-order valence-corrected chi connectivity index (χ4v) is 4.44. The van der Waals surface area contributed by atoms with Gasteiger partial charge in [0.1, 0.15) is 11.6 Å². The van der Waals surface area contributed by atoms with E-state index in [1.165, 1.54) is 47.4 Å². The van der Waals surface area contributed by atoms with E-state index < -0.39 is 5.82 Å². The largest absolute Gasteiger partial charge is 0.497 e. The Morgan fingerprint density at radius 2 is 1.78 bits per heavy atom. The van der Waals surface area contributed by atoms with Gasteiger partial charge in [0.15, 0.2) is 5.13 Å². The Kier molecular flexibility index (Phi) is 6.67. The predicted molar refractivity (Wildman–Crippen MR) is 126 cm³/mol. The molecule has 0 unspecified atom stereocenters. The minimum Gasteiger partial charge on any atom is -0.497 e. The third kappa shape index (κ3) is 5.43. The molecule has 0 aliphatic rings. The fraction of sp³-hybridized carbons (Fsp3) is 0.0870. The van der Waals surface area contributed by atoms with E-state index in [-0.39, 0.29) is 17.6 Å². The van der Waals surface area contributed by atoms with Crippen LogP contribution in [0.4, 0.5) is 15.2 Å². The van der Waals surface area contributed by atoms with Crippen LogP contribution in [0.5, 0.6) is 5.75 Å². The highest BCUT2D eigenvalue weighted by atomic mass is 32.2. The third-order valence-electron chi connectivity index (χ3n) is 4.43. The first-order valence-electron chi connectivity index (χ1n) is 9.54. The Balaban J connectivity index is 1.29. The van der Waals surface area contributed by atoms with Crippen molar-refractivity contribution in [3.8, 4) is 5.75 Å². The van der Waals surface area contributed by atoms with Crippen molar-refractivity contribution in [1.29, 1.82) is 0 Å². The highest BCUT2D eigenvalue weighted by Gasteiger charge is 2.10. The number of amides is 2. The fourth-order valence-electron chi connectivity index (χ4n) is 2.83. The molecule has 1 heterocycles. The van der Waals surface area contributed by atoms with Crippen LogP contribution in [0.1, 0.15) is 10.4 Å². The van der Waals surface area contributed by atoms with Gasteiger partial charge in [-0.1, -0.05) is 11.3 Å². The number of anilines is 2. The summed E-state index contributed by atoms with van der Waals surface area (Å²) in [5, 5.41) is 6.12. The predicted octanol–water partition coefficient (Wildman–Crippen LogP) is 5.43. The van der Waals surface area contributed by atoms with Crippen LogP contribution in [-0.2, 0) is 4.79 Å². The van der Waals surface area contributed by atoms with Crippen LogP contribution in [0.25, 0.3) is 10.2 Å². The Hall–Kier alpha value is -3.43. The quantitative estimate of drug-likeness (QED) is 0.355. The first-order valence-corrected chi connectivity index (χ1v) is 11.3. The number of ether oxygens (including phenoxy) is 1. The summed E-state index contributed by atoms with van der Waals surface area (Å²) in [4.78, 5) is 29.8. The summed E-state index contributed by atoms with van der Waals surface area (Å²) in [6, 6.07) is 18.0. The lowest BCUT2D eigenvalue weighted by Gasteiger charge is -2.07. The van der Waals surface area contributed by atoms with Gasteiger partial charge in [-0.05, 0) is 66.7 Å². The highest BCUT2D eigenvalue weighted by Crippen LogP contribution is 2.29. The number of halogens is 1. The summed E-state index contributed by atoms with van der Waals surface area (Å²) in [6.07, 6.45) is 0. The van der Waals surface area contributed by atoms with Crippen molar-refractivity contribution in [3.05, 3.63) is 78.1 Å². The maximum Gasteiger partial charge on any atom is 0.255 e. The molecule has 4 aromatic rings. The van der Waals surface area contributed by atoms with Gasteiger partial charge in [0.05, 0.1) is 23.1 Å². The first-order chi connectivity index (χ1) is 15.5. The average Bonchev–Trinajstić information content (AvgIpc) is 3.20. The first kappa shape index (κ1) is 21.8. The number of carbonyl (C=O) groups excluding carboxylic acids is 2. The van der Waals surface area contributed by atoms with E-state index in [9.17, 15) is 14.0 Å². The normalized spacial score (nSPS) is 10.7. The minimum absolute atomic E-state index is 0.158. The molecular weight excluding hydrogens is 449 g/mol. The molecule has 6 nitrogen and oxygen atoms in total. The number of fused-ring (bicyclic) bond motifs is 1. The lowest BCUT2D eigenvalue weighted by molar-refractivity contribution is -0.113. The van der Waals surface area contributed by atoms with Crippen LogP contribution in [0, 0.1) is 5.82 Å². The lowest BCUT2D eigenvalue weighted by atomic mass is 10.2. The second-order valence-electron chi connectivity index (χ2n) is 6.67. The maximum absolute atomic E-state index is 13.0. The number of carbonyl (C=O) groups is 2. The van der Waals surface area contributed by atoms with Crippen LogP contribution in [0.3, 0.4) is 0 Å². The van der Waals surface area contributed by atoms with Crippen LogP contribution in [0.2, 0.25) is 0 Å². The van der Waals surface area contributed by atoms with Gasteiger partial charge in [0.25, 0.3) is 5.91 Å². The molecule has 0 aliphatic heterocycles. The van der Waals surface area contributed by atoms with Gasteiger partial charge in [-0.2, -0.15) is 0 Å². The van der Waals surface area contributed by atoms with E-state index in [4.69, 9.17) is 4.74 Å². The summed E-state index contributed by atoms with van der Waals surface area (Å²) >= 11 is 2.77. The van der Waals surface area contributed by atoms with Gasteiger partial charge in [-0.25, -0.2) is 9.37 Å². The van der Waals surface area contributed by atoms with E-state index in [2.05, 4.69) is 15.6 Å². The summed E-state index contributed by atoms with van der Waals surface area (Å²) in [5.41, 5.74) is 1.78. The molecule has 2 N–H and O–H groups in total. The number of rotatable bonds is 7. The summed E-state index contributed by atoms with van der Waals surface area (Å²) in [6.45, 7) is 0. The Bertz CT molecular complexity index is 1260. The van der Waals surface area contributed by atoms with Crippen LogP contribution in [0.15, 0.2) is 71.6 Å². The molecule has 0 radical (unpaired) electrons. The smallest absolute Gasteiger partial charge is 0.255 e. The Morgan fingerprint density at radius 1 is 1.03 bits per heavy atom. The van der Waals surface area contributed by atoms with Gasteiger partial charge in [-0.15, -0.1) is 11.8 Å². The monoisotopic (exact) mass is 467 g/mol. The van der Waals surface area contributed by atoms with E-state index >= 15 is 0 Å². The number of thioether (sulfide) groups is 1. The van der Waals surface area contributed by atoms with E-state index in [1.54, 1.807) is 19.2 Å². The molecule has 2 amide bonds. The van der Waals surface area contributed by atoms with Crippen molar-refractivity contribution < 1.29 is 18.7 Å². The summed E-state index contributed by atoms with van der Waals surface area (Å²) < 4.78 is 19.1. The Labute approximate surface area is 191 Å². The molecule has 0 fully saturated rings. The van der Waals surface area contributed by atoms with Gasteiger partial charge < -0.3 is 15.4 Å². The van der Waals surface area contributed by atoms with E-state index in [0.29, 0.717) is 16.4 Å². The van der Waals surface area contributed by atoms with Crippen LogP contribution < -0.4 is 15.4 Å². The Morgan fingerprint density at radius 3 is 2.50 bits per heavy atom. The minimum atomic E-state index is -0.393. The van der Waals surface area contributed by atoms with E-state index in [1.807, 2.05) is 30.3 Å². The number of hydrogen-bond acceptors (Lipinski definition) is 6. The van der Waals surface area contributed by atoms with Crippen molar-refractivity contribution in [3.63, 3.8) is 0 Å². The molecule has 0 aliphatic carbocycles. The number of nitrogens with one attached hydrogen (secondary N) is 2. The molecule has 3 aromatic carbocycles. The highest BCUT2D eigenvalue weighted by molar-refractivity contribution is 8.00. The molecule has 0 saturated carbocycles. The molecule has 162 valence electrons. The number of hydrogen-bond donors (Lipinski definition) is 2. The van der Waals surface area contributed by atoms with Crippen molar-refractivity contribution >= 4 is 55.9 Å². The van der Waals surface area contributed by atoms with Gasteiger partial charge in [0.2, 0.25) is 5.91 Å². The maximum atomic E-state index is 13.0. The van der Waals surface area contributed by atoms with E-state index in [0.717, 1.165) is 20.9 Å².